The lowest BCUT2D eigenvalue weighted by Crippen LogP contribution is -2.28. The van der Waals surface area contributed by atoms with Crippen molar-refractivity contribution in [1.82, 2.24) is 20.1 Å². The van der Waals surface area contributed by atoms with Gasteiger partial charge in [0.1, 0.15) is 18.7 Å². The largest absolute Gasteiger partial charge is 0.334 e. The zero-order valence-corrected chi connectivity index (χ0v) is 14.8. The molecule has 2 aromatic carbocycles. The first-order valence-electron chi connectivity index (χ1n) is 8.45. The van der Waals surface area contributed by atoms with Gasteiger partial charge in [0.15, 0.2) is 0 Å². The minimum atomic E-state index is -0.478. The second-order valence-corrected chi connectivity index (χ2v) is 5.91. The van der Waals surface area contributed by atoms with Crippen LogP contribution >= 0.6 is 0 Å². The molecule has 1 atom stereocenters. The van der Waals surface area contributed by atoms with Crippen LogP contribution in [0.3, 0.4) is 0 Å². The van der Waals surface area contributed by atoms with Crippen molar-refractivity contribution in [2.24, 2.45) is 0 Å². The van der Waals surface area contributed by atoms with Gasteiger partial charge >= 0.3 is 6.03 Å². The number of amides is 3. The number of carbonyl (C=O) groups excluding carboxylic acids is 2. The van der Waals surface area contributed by atoms with Gasteiger partial charge in [-0.25, -0.2) is 14.5 Å². The van der Waals surface area contributed by atoms with Gasteiger partial charge in [-0.15, -0.1) is 0 Å². The molecule has 27 heavy (non-hydrogen) atoms. The molecule has 0 spiro atoms. The van der Waals surface area contributed by atoms with E-state index >= 15 is 0 Å². The Labute approximate surface area is 156 Å². The molecule has 0 aliphatic heterocycles. The van der Waals surface area contributed by atoms with Crippen molar-refractivity contribution in [3.63, 3.8) is 0 Å². The first kappa shape index (κ1) is 18.1. The van der Waals surface area contributed by atoms with Crippen LogP contribution in [0.2, 0.25) is 0 Å². The van der Waals surface area contributed by atoms with Crippen LogP contribution in [0.4, 0.5) is 16.2 Å². The number of aromatic nitrogens is 3. The number of nitrogens with zero attached hydrogens (tertiary/aromatic N) is 3. The number of rotatable bonds is 6. The van der Waals surface area contributed by atoms with Gasteiger partial charge in [0.2, 0.25) is 5.91 Å². The third-order valence-corrected chi connectivity index (χ3v) is 3.92. The van der Waals surface area contributed by atoms with Crippen molar-refractivity contribution in [3.05, 3.63) is 72.8 Å². The van der Waals surface area contributed by atoms with E-state index in [2.05, 4.69) is 26.0 Å². The summed E-state index contributed by atoms with van der Waals surface area (Å²) in [5.41, 5.74) is 2.28. The topological polar surface area (TPSA) is 101 Å². The molecule has 3 N–H and O–H groups in total. The van der Waals surface area contributed by atoms with Crippen LogP contribution in [0.25, 0.3) is 0 Å². The SMILES string of the molecule is C[C@H](C(=O)Nc1ccc(NC(=O)NCc2ccccc2)cc1)n1cncn1. The molecular weight excluding hydrogens is 344 g/mol. The predicted octanol–water partition coefficient (Wildman–Crippen LogP) is 2.80. The van der Waals surface area contributed by atoms with E-state index in [-0.39, 0.29) is 11.9 Å². The Morgan fingerprint density at radius 1 is 1.00 bits per heavy atom. The average Bonchev–Trinajstić information content (AvgIpc) is 3.23. The number of nitrogens with one attached hydrogen (secondary N) is 3. The third-order valence-electron chi connectivity index (χ3n) is 3.92. The van der Waals surface area contributed by atoms with E-state index in [0.717, 1.165) is 5.56 Å². The second-order valence-electron chi connectivity index (χ2n) is 5.91. The number of hydrogen-bond donors (Lipinski definition) is 3. The highest BCUT2D eigenvalue weighted by Gasteiger charge is 2.15. The number of anilines is 2. The Bertz CT molecular complexity index is 878. The van der Waals surface area contributed by atoms with Gasteiger partial charge in [-0.2, -0.15) is 5.10 Å². The smallest absolute Gasteiger partial charge is 0.319 e. The Balaban J connectivity index is 1.49. The van der Waals surface area contributed by atoms with Crippen LogP contribution in [-0.4, -0.2) is 26.7 Å². The van der Waals surface area contributed by atoms with Crippen LogP contribution in [0.1, 0.15) is 18.5 Å². The van der Waals surface area contributed by atoms with Crippen LogP contribution < -0.4 is 16.0 Å². The fourth-order valence-electron chi connectivity index (χ4n) is 2.37. The maximum Gasteiger partial charge on any atom is 0.319 e. The Hall–Kier alpha value is -3.68. The summed E-state index contributed by atoms with van der Waals surface area (Å²) in [5.74, 6) is -0.207. The standard InChI is InChI=1S/C19H20N6O2/c1-14(25-13-20-12-22-25)18(26)23-16-7-9-17(10-8-16)24-19(27)21-11-15-5-3-2-4-6-15/h2-10,12-14H,11H2,1H3,(H,23,26)(H2,21,24,27)/t14-/m1/s1. The van der Waals surface area contributed by atoms with Crippen molar-refractivity contribution < 1.29 is 9.59 Å². The van der Waals surface area contributed by atoms with Crippen LogP contribution in [-0.2, 0) is 11.3 Å². The maximum absolute atomic E-state index is 12.2. The Morgan fingerprint density at radius 3 is 2.30 bits per heavy atom. The van der Waals surface area contributed by atoms with E-state index in [9.17, 15) is 9.59 Å². The number of benzene rings is 2. The second kappa shape index (κ2) is 8.61. The molecule has 0 saturated carbocycles. The summed E-state index contributed by atoms with van der Waals surface area (Å²) in [6.07, 6.45) is 2.87. The molecule has 1 aromatic heterocycles. The van der Waals surface area contributed by atoms with E-state index in [0.29, 0.717) is 17.9 Å². The zero-order chi connectivity index (χ0) is 19.1. The highest BCUT2D eigenvalue weighted by atomic mass is 16.2. The van der Waals surface area contributed by atoms with Crippen LogP contribution in [0, 0.1) is 0 Å². The van der Waals surface area contributed by atoms with Gasteiger partial charge in [0.05, 0.1) is 0 Å². The highest BCUT2D eigenvalue weighted by Crippen LogP contribution is 2.15. The number of hydrogen-bond acceptors (Lipinski definition) is 4. The summed E-state index contributed by atoms with van der Waals surface area (Å²) in [6, 6.07) is 15.8. The lowest BCUT2D eigenvalue weighted by Gasteiger charge is -2.13. The first-order valence-corrected chi connectivity index (χ1v) is 8.45. The monoisotopic (exact) mass is 364 g/mol. The van der Waals surface area contributed by atoms with Crippen molar-refractivity contribution in [2.75, 3.05) is 10.6 Å². The molecule has 0 aliphatic rings. The molecule has 0 saturated heterocycles. The van der Waals surface area contributed by atoms with Crippen molar-refractivity contribution in [1.29, 1.82) is 0 Å². The first-order chi connectivity index (χ1) is 13.1. The van der Waals surface area contributed by atoms with E-state index in [1.54, 1.807) is 31.2 Å². The Kier molecular flexibility index (Phi) is 5.78. The molecule has 0 aliphatic carbocycles. The zero-order valence-electron chi connectivity index (χ0n) is 14.8. The summed E-state index contributed by atoms with van der Waals surface area (Å²) in [6.45, 7) is 2.18. The number of carbonyl (C=O) groups is 2. The summed E-state index contributed by atoms with van der Waals surface area (Å²) in [7, 11) is 0. The van der Waals surface area contributed by atoms with Crippen molar-refractivity contribution in [2.45, 2.75) is 19.5 Å². The summed E-state index contributed by atoms with van der Waals surface area (Å²) in [5, 5.41) is 12.3. The van der Waals surface area contributed by atoms with E-state index in [1.165, 1.54) is 17.3 Å². The minimum absolute atomic E-state index is 0.207. The molecule has 138 valence electrons. The molecule has 3 rings (SSSR count). The molecule has 0 unspecified atom stereocenters. The van der Waals surface area contributed by atoms with Gasteiger partial charge in [0.25, 0.3) is 0 Å². The maximum atomic E-state index is 12.2. The normalized spacial score (nSPS) is 11.4. The minimum Gasteiger partial charge on any atom is -0.334 e. The fourth-order valence-corrected chi connectivity index (χ4v) is 2.37. The molecule has 8 nitrogen and oxygen atoms in total. The van der Waals surface area contributed by atoms with Gasteiger partial charge in [-0.3, -0.25) is 4.79 Å². The van der Waals surface area contributed by atoms with Gasteiger partial charge in [-0.1, -0.05) is 30.3 Å². The number of urea groups is 1. The van der Waals surface area contributed by atoms with Crippen LogP contribution in [0.5, 0.6) is 0 Å². The van der Waals surface area contributed by atoms with Gasteiger partial charge < -0.3 is 16.0 Å². The van der Waals surface area contributed by atoms with E-state index in [1.807, 2.05) is 30.3 Å². The molecule has 3 aromatic rings. The Morgan fingerprint density at radius 2 is 1.67 bits per heavy atom. The lowest BCUT2D eigenvalue weighted by molar-refractivity contribution is -0.119. The fraction of sp³-hybridized carbons (Fsp3) is 0.158. The molecule has 0 radical (unpaired) electrons. The van der Waals surface area contributed by atoms with Crippen molar-refractivity contribution >= 4 is 23.3 Å². The molecular formula is C19H20N6O2. The summed E-state index contributed by atoms with van der Waals surface area (Å²) < 4.78 is 1.47. The highest BCUT2D eigenvalue weighted by molar-refractivity contribution is 5.94. The van der Waals surface area contributed by atoms with E-state index < -0.39 is 6.04 Å². The average molecular weight is 364 g/mol. The third kappa shape index (κ3) is 5.15. The molecule has 0 bridgehead atoms. The molecule has 1 heterocycles. The molecule has 3 amide bonds. The molecule has 8 heteroatoms. The summed E-state index contributed by atoms with van der Waals surface area (Å²) >= 11 is 0. The summed E-state index contributed by atoms with van der Waals surface area (Å²) in [4.78, 5) is 28.0. The predicted molar refractivity (Wildman–Crippen MR) is 102 cm³/mol. The van der Waals surface area contributed by atoms with E-state index in [4.69, 9.17) is 0 Å². The lowest BCUT2D eigenvalue weighted by atomic mass is 10.2. The molecule has 0 fully saturated rings. The van der Waals surface area contributed by atoms with Crippen molar-refractivity contribution in [3.8, 4) is 0 Å². The quantitative estimate of drug-likeness (QED) is 0.626. The van der Waals surface area contributed by atoms with Crippen LogP contribution in [0.15, 0.2) is 67.3 Å². The van der Waals surface area contributed by atoms with Gasteiger partial charge in [-0.05, 0) is 36.8 Å². The van der Waals surface area contributed by atoms with Gasteiger partial charge in [0, 0.05) is 17.9 Å².